The Morgan fingerprint density at radius 3 is 2.38 bits per heavy atom. The first-order valence-corrected chi connectivity index (χ1v) is 13.2. The van der Waals surface area contributed by atoms with Crippen molar-refractivity contribution in [3.05, 3.63) is 48.0 Å². The van der Waals surface area contributed by atoms with Crippen molar-refractivity contribution in [1.82, 2.24) is 0 Å². The Morgan fingerprint density at radius 2 is 1.76 bits per heavy atom. The first-order valence-electron chi connectivity index (χ1n) is 10.3. The van der Waals surface area contributed by atoms with Crippen LogP contribution < -0.4 is 0 Å². The molecule has 1 aliphatic carbocycles. The average Bonchev–Trinajstić information content (AvgIpc) is 2.97. The highest BCUT2D eigenvalue weighted by molar-refractivity contribution is 6.74. The second-order valence-corrected chi connectivity index (χ2v) is 14.1. The van der Waals surface area contributed by atoms with Crippen molar-refractivity contribution >= 4 is 8.32 Å². The van der Waals surface area contributed by atoms with Gasteiger partial charge in [-0.2, -0.15) is 0 Å². The van der Waals surface area contributed by atoms with E-state index >= 15 is 0 Å². The van der Waals surface area contributed by atoms with E-state index in [2.05, 4.69) is 40.4 Å². The van der Waals surface area contributed by atoms with Crippen LogP contribution in [-0.4, -0.2) is 47.8 Å². The van der Waals surface area contributed by atoms with E-state index in [4.69, 9.17) is 23.4 Å². The molecular formula is C23H38O5Si. The predicted octanol–water partition coefficient (Wildman–Crippen LogP) is 5.13. The fourth-order valence-corrected chi connectivity index (χ4v) is 4.21. The third-order valence-electron chi connectivity index (χ3n) is 6.02. The molecule has 1 aliphatic rings. The third kappa shape index (κ3) is 7.02. The van der Waals surface area contributed by atoms with Crippen molar-refractivity contribution in [2.24, 2.45) is 5.92 Å². The number of hydrogen-bond donors (Lipinski definition) is 0. The molecule has 1 aromatic carbocycles. The molecule has 0 aromatic heterocycles. The Bertz CT molecular complexity index is 626. The number of rotatable bonds is 11. The normalized spacial score (nSPS) is 23.0. The monoisotopic (exact) mass is 422 g/mol. The van der Waals surface area contributed by atoms with E-state index in [9.17, 15) is 0 Å². The Balaban J connectivity index is 1.93. The van der Waals surface area contributed by atoms with Crippen LogP contribution in [-0.2, 0) is 30.0 Å². The van der Waals surface area contributed by atoms with Crippen LogP contribution in [0.3, 0.4) is 0 Å². The maximum absolute atomic E-state index is 6.48. The van der Waals surface area contributed by atoms with E-state index in [0.29, 0.717) is 13.2 Å². The van der Waals surface area contributed by atoms with E-state index < -0.39 is 8.32 Å². The van der Waals surface area contributed by atoms with E-state index in [1.807, 2.05) is 30.3 Å². The number of ether oxygens (including phenoxy) is 4. The standard InChI is InChI=1S/C23H38O5Si/c1-18-21(26-16-24-5)13-20(15-28-29(6,7)23(2,3)4)22(18)27-17-25-14-19-11-9-8-10-12-19/h8-12,20-22H,1,13-17H2,2-7H3/t20-,21?,22+/m0/s1. The molecule has 3 atom stereocenters. The smallest absolute Gasteiger partial charge is 0.191 e. The fraction of sp³-hybridized carbons (Fsp3) is 0.652. The third-order valence-corrected chi connectivity index (χ3v) is 10.5. The molecule has 0 N–H and O–H groups in total. The van der Waals surface area contributed by atoms with Crippen molar-refractivity contribution in [2.75, 3.05) is 27.3 Å². The summed E-state index contributed by atoms with van der Waals surface area (Å²) < 4.78 is 29.2. The van der Waals surface area contributed by atoms with Crippen molar-refractivity contribution in [3.8, 4) is 0 Å². The largest absolute Gasteiger partial charge is 0.416 e. The van der Waals surface area contributed by atoms with Crippen LogP contribution in [0.1, 0.15) is 32.8 Å². The van der Waals surface area contributed by atoms with Gasteiger partial charge < -0.3 is 23.4 Å². The van der Waals surface area contributed by atoms with E-state index in [1.165, 1.54) is 0 Å². The van der Waals surface area contributed by atoms with E-state index in [0.717, 1.165) is 17.6 Å². The second-order valence-electron chi connectivity index (χ2n) is 9.24. The van der Waals surface area contributed by atoms with Gasteiger partial charge >= 0.3 is 0 Å². The summed E-state index contributed by atoms with van der Waals surface area (Å²) in [6, 6.07) is 10.1. The molecule has 0 heterocycles. The second kappa shape index (κ2) is 10.8. The molecule has 0 aliphatic heterocycles. The molecule has 1 aromatic rings. The quantitative estimate of drug-likeness (QED) is 0.214. The van der Waals surface area contributed by atoms with E-state index in [-0.39, 0.29) is 36.7 Å². The molecule has 29 heavy (non-hydrogen) atoms. The van der Waals surface area contributed by atoms with E-state index in [1.54, 1.807) is 7.11 Å². The molecular weight excluding hydrogens is 384 g/mol. The first kappa shape index (κ1) is 24.2. The predicted molar refractivity (Wildman–Crippen MR) is 118 cm³/mol. The van der Waals surface area contributed by atoms with Gasteiger partial charge in [-0.3, -0.25) is 0 Å². The van der Waals surface area contributed by atoms with Crippen molar-refractivity contribution in [3.63, 3.8) is 0 Å². The SMILES string of the molecule is C=C1C(OCOC)C[C@@H](CO[Si](C)(C)C(C)(C)C)[C@@H]1OCOCc1ccccc1. The lowest BCUT2D eigenvalue weighted by molar-refractivity contribution is -0.0990. The molecule has 1 saturated carbocycles. The lowest BCUT2D eigenvalue weighted by Gasteiger charge is -2.37. The van der Waals surface area contributed by atoms with Crippen molar-refractivity contribution < 1.29 is 23.4 Å². The van der Waals surface area contributed by atoms with Gasteiger partial charge in [-0.15, -0.1) is 0 Å². The zero-order valence-electron chi connectivity index (χ0n) is 18.9. The fourth-order valence-electron chi connectivity index (χ4n) is 3.15. The maximum Gasteiger partial charge on any atom is 0.191 e. The van der Waals surface area contributed by atoms with Gasteiger partial charge in [-0.25, -0.2) is 0 Å². The molecule has 164 valence electrons. The summed E-state index contributed by atoms with van der Waals surface area (Å²) >= 11 is 0. The Labute approximate surface area is 177 Å². The van der Waals surface area contributed by atoms with Crippen LogP contribution in [0, 0.1) is 5.92 Å². The Hall–Kier alpha value is -1.02. The summed E-state index contributed by atoms with van der Waals surface area (Å²) in [6.07, 6.45) is 0.597. The highest BCUT2D eigenvalue weighted by Crippen LogP contribution is 2.40. The van der Waals surface area contributed by atoms with Gasteiger partial charge in [-0.1, -0.05) is 57.7 Å². The van der Waals surface area contributed by atoms with Crippen LogP contribution in [0.4, 0.5) is 0 Å². The summed E-state index contributed by atoms with van der Waals surface area (Å²) in [5.74, 6) is 0.193. The zero-order valence-corrected chi connectivity index (χ0v) is 19.9. The molecule has 1 unspecified atom stereocenters. The molecule has 5 nitrogen and oxygen atoms in total. The van der Waals surface area contributed by atoms with Gasteiger partial charge in [0.2, 0.25) is 0 Å². The van der Waals surface area contributed by atoms with Crippen molar-refractivity contribution in [2.45, 2.75) is 64.1 Å². The van der Waals surface area contributed by atoms with Crippen LogP contribution >= 0.6 is 0 Å². The van der Waals surface area contributed by atoms with Crippen LogP contribution in [0.25, 0.3) is 0 Å². The maximum atomic E-state index is 6.48. The number of hydrogen-bond acceptors (Lipinski definition) is 5. The van der Waals surface area contributed by atoms with Gasteiger partial charge in [0.15, 0.2) is 8.32 Å². The van der Waals surface area contributed by atoms with Crippen molar-refractivity contribution in [1.29, 1.82) is 0 Å². The lowest BCUT2D eigenvalue weighted by Crippen LogP contribution is -2.42. The minimum Gasteiger partial charge on any atom is -0.416 e. The lowest BCUT2D eigenvalue weighted by atomic mass is 10.1. The summed E-state index contributed by atoms with van der Waals surface area (Å²) in [4.78, 5) is 0. The molecule has 1 fully saturated rings. The minimum atomic E-state index is -1.84. The molecule has 0 amide bonds. The summed E-state index contributed by atoms with van der Waals surface area (Å²) in [5, 5.41) is 0.170. The Kier molecular flexibility index (Phi) is 9.07. The summed E-state index contributed by atoms with van der Waals surface area (Å²) in [7, 11) is -0.210. The minimum absolute atomic E-state index is 0.0814. The number of methoxy groups -OCH3 is 1. The molecule has 0 bridgehead atoms. The summed E-state index contributed by atoms with van der Waals surface area (Å²) in [6.45, 7) is 17.2. The van der Waals surface area contributed by atoms with Crippen LogP contribution in [0.2, 0.25) is 18.1 Å². The highest BCUT2D eigenvalue weighted by Gasteiger charge is 2.42. The zero-order chi connectivity index (χ0) is 21.5. The van der Waals surface area contributed by atoms with Gasteiger partial charge in [0, 0.05) is 19.6 Å². The van der Waals surface area contributed by atoms with Gasteiger partial charge in [-0.05, 0) is 35.7 Å². The molecule has 0 radical (unpaired) electrons. The van der Waals surface area contributed by atoms with Crippen LogP contribution in [0.15, 0.2) is 42.5 Å². The van der Waals surface area contributed by atoms with Gasteiger partial charge in [0.25, 0.3) is 0 Å². The number of benzene rings is 1. The molecule has 2 rings (SSSR count). The van der Waals surface area contributed by atoms with Crippen LogP contribution in [0.5, 0.6) is 0 Å². The topological polar surface area (TPSA) is 46.2 Å². The molecule has 0 spiro atoms. The molecule has 6 heteroatoms. The first-order chi connectivity index (χ1) is 13.7. The Morgan fingerprint density at radius 1 is 1.07 bits per heavy atom. The van der Waals surface area contributed by atoms with Gasteiger partial charge in [0.05, 0.1) is 18.8 Å². The van der Waals surface area contributed by atoms with Gasteiger partial charge in [0.1, 0.15) is 13.6 Å². The highest BCUT2D eigenvalue weighted by atomic mass is 28.4. The summed E-state index contributed by atoms with van der Waals surface area (Å²) in [5.41, 5.74) is 2.06. The molecule has 0 saturated heterocycles. The average molecular weight is 423 g/mol.